The minimum atomic E-state index is -0.684. The van der Waals surface area contributed by atoms with Gasteiger partial charge in [0.2, 0.25) is 0 Å². The summed E-state index contributed by atoms with van der Waals surface area (Å²) >= 11 is 0. The van der Waals surface area contributed by atoms with Gasteiger partial charge in [-0.2, -0.15) is 5.10 Å². The number of nitrogens with one attached hydrogen (secondary N) is 1. The molecule has 1 saturated carbocycles. The summed E-state index contributed by atoms with van der Waals surface area (Å²) in [5, 5.41) is 10.0. The molecular weight excluding hydrogens is 514 g/mol. The van der Waals surface area contributed by atoms with Gasteiger partial charge >= 0.3 is 18.3 Å². The Morgan fingerprint density at radius 3 is 2.33 bits per heavy atom. The number of hydrogen-bond donors (Lipinski definition) is 1. The van der Waals surface area contributed by atoms with Crippen LogP contribution in [0.15, 0.2) is 36.4 Å². The van der Waals surface area contributed by atoms with Gasteiger partial charge < -0.3 is 14.2 Å². The summed E-state index contributed by atoms with van der Waals surface area (Å²) in [5.74, 6) is 0.582. The molecule has 1 N–H and O–H groups in total. The second-order valence-corrected chi connectivity index (χ2v) is 12.0. The van der Waals surface area contributed by atoms with E-state index in [-0.39, 0.29) is 25.2 Å². The van der Waals surface area contributed by atoms with Gasteiger partial charge in [0.25, 0.3) is 0 Å². The Labute approximate surface area is 236 Å². The van der Waals surface area contributed by atoms with Gasteiger partial charge in [-0.1, -0.05) is 30.3 Å². The van der Waals surface area contributed by atoms with Gasteiger partial charge in [0, 0.05) is 25.6 Å². The Bertz CT molecular complexity index is 1170. The Morgan fingerprint density at radius 1 is 1.05 bits per heavy atom. The number of ether oxygens (including phenoxy) is 3. The van der Waals surface area contributed by atoms with Crippen molar-refractivity contribution in [3.8, 4) is 0 Å². The van der Waals surface area contributed by atoms with Crippen molar-refractivity contribution < 1.29 is 28.6 Å². The molecule has 40 heavy (non-hydrogen) atoms. The van der Waals surface area contributed by atoms with Crippen molar-refractivity contribution in [3.05, 3.63) is 47.7 Å². The van der Waals surface area contributed by atoms with Crippen LogP contribution in [0.5, 0.6) is 0 Å². The third-order valence-electron chi connectivity index (χ3n) is 6.41. The van der Waals surface area contributed by atoms with Crippen LogP contribution in [0.1, 0.15) is 84.9 Å². The number of aromatic nitrogens is 2. The van der Waals surface area contributed by atoms with Crippen molar-refractivity contribution in [2.24, 2.45) is 0 Å². The molecule has 220 valence electrons. The summed E-state index contributed by atoms with van der Waals surface area (Å²) < 4.78 is 18.3. The molecule has 0 spiro atoms. The van der Waals surface area contributed by atoms with Crippen LogP contribution < -0.4 is 5.32 Å². The van der Waals surface area contributed by atoms with Crippen molar-refractivity contribution in [3.63, 3.8) is 0 Å². The molecule has 1 heterocycles. The smallest absolute Gasteiger partial charge is 0.429 e. The average Bonchev–Trinajstić information content (AvgIpc) is 3.50. The molecule has 0 radical (unpaired) electrons. The normalized spacial score (nSPS) is 17.2. The van der Waals surface area contributed by atoms with Crippen molar-refractivity contribution in [1.82, 2.24) is 19.8 Å². The topological polar surface area (TPSA) is 115 Å². The molecule has 1 aliphatic carbocycles. The van der Waals surface area contributed by atoms with Crippen LogP contribution in [-0.2, 0) is 26.4 Å². The van der Waals surface area contributed by atoms with E-state index in [9.17, 15) is 14.4 Å². The van der Waals surface area contributed by atoms with Gasteiger partial charge in [-0.25, -0.2) is 29.1 Å². The lowest BCUT2D eigenvalue weighted by Crippen LogP contribution is -2.49. The fourth-order valence-corrected chi connectivity index (χ4v) is 4.47. The molecule has 1 fully saturated rings. The van der Waals surface area contributed by atoms with E-state index in [1.54, 1.807) is 32.4 Å². The van der Waals surface area contributed by atoms with E-state index in [1.165, 1.54) is 12.1 Å². The number of amides is 3. The lowest BCUT2D eigenvalue weighted by atomic mass is 10.0. The molecule has 11 heteroatoms. The molecule has 3 amide bonds. The summed E-state index contributed by atoms with van der Waals surface area (Å²) in [6.45, 7) is 13.5. The number of hydrazine groups is 1. The van der Waals surface area contributed by atoms with Crippen molar-refractivity contribution in [2.75, 3.05) is 18.9 Å². The molecule has 0 bridgehead atoms. The SMILES string of the molecule is CCN(C(=O)O[C@@H]1CC[C@H](c2cc(NC(=O)OCc3ccccc3)n(C(C)(C)C)n2)C1)N(C)C(=O)OC(C)(C)C. The molecule has 0 aliphatic heterocycles. The van der Waals surface area contributed by atoms with Gasteiger partial charge in [-0.05, 0) is 73.3 Å². The number of hydrogen-bond acceptors (Lipinski definition) is 7. The molecule has 2 atom stereocenters. The Morgan fingerprint density at radius 2 is 1.73 bits per heavy atom. The lowest BCUT2D eigenvalue weighted by molar-refractivity contribution is -0.0402. The summed E-state index contributed by atoms with van der Waals surface area (Å²) in [7, 11) is 1.48. The summed E-state index contributed by atoms with van der Waals surface area (Å²) in [4.78, 5) is 37.9. The average molecular weight is 558 g/mol. The number of benzene rings is 1. The number of nitrogens with zero attached hydrogens (tertiary/aromatic N) is 4. The number of rotatable bonds is 6. The maximum atomic E-state index is 12.9. The lowest BCUT2D eigenvalue weighted by Gasteiger charge is -2.32. The molecule has 1 aliphatic rings. The van der Waals surface area contributed by atoms with E-state index in [2.05, 4.69) is 5.32 Å². The Hall–Kier alpha value is -3.76. The highest BCUT2D eigenvalue weighted by atomic mass is 16.6. The third kappa shape index (κ3) is 8.37. The summed E-state index contributed by atoms with van der Waals surface area (Å²) in [5.41, 5.74) is 0.632. The van der Waals surface area contributed by atoms with Gasteiger partial charge in [-0.3, -0.25) is 5.32 Å². The van der Waals surface area contributed by atoms with E-state index in [4.69, 9.17) is 19.3 Å². The highest BCUT2D eigenvalue weighted by Crippen LogP contribution is 2.37. The second kappa shape index (κ2) is 12.6. The van der Waals surface area contributed by atoms with Crippen LogP contribution in [0.3, 0.4) is 0 Å². The van der Waals surface area contributed by atoms with Crippen molar-refractivity contribution >= 4 is 24.1 Å². The van der Waals surface area contributed by atoms with Gasteiger partial charge in [0.1, 0.15) is 24.1 Å². The zero-order chi connectivity index (χ0) is 29.7. The highest BCUT2D eigenvalue weighted by Gasteiger charge is 2.35. The van der Waals surface area contributed by atoms with E-state index in [0.29, 0.717) is 18.7 Å². The zero-order valence-corrected chi connectivity index (χ0v) is 24.9. The van der Waals surface area contributed by atoms with Gasteiger partial charge in [0.05, 0.1) is 11.2 Å². The summed E-state index contributed by atoms with van der Waals surface area (Å²) in [6, 6.07) is 11.3. The fraction of sp³-hybridized carbons (Fsp3) is 0.586. The Kier molecular flexibility index (Phi) is 9.70. The van der Waals surface area contributed by atoms with Crippen LogP contribution >= 0.6 is 0 Å². The van der Waals surface area contributed by atoms with Crippen LogP contribution in [0.2, 0.25) is 0 Å². The molecular formula is C29H43N5O6. The largest absolute Gasteiger partial charge is 0.445 e. The third-order valence-corrected chi connectivity index (χ3v) is 6.41. The minimum absolute atomic E-state index is 0.0425. The zero-order valence-electron chi connectivity index (χ0n) is 24.9. The number of carbonyl (C=O) groups is 3. The van der Waals surface area contributed by atoms with E-state index in [0.717, 1.165) is 22.7 Å². The van der Waals surface area contributed by atoms with Crippen LogP contribution in [0.25, 0.3) is 0 Å². The van der Waals surface area contributed by atoms with E-state index < -0.39 is 29.4 Å². The first-order valence-corrected chi connectivity index (χ1v) is 13.7. The molecule has 1 aromatic heterocycles. The van der Waals surface area contributed by atoms with Gasteiger partial charge in [0.15, 0.2) is 0 Å². The molecule has 0 saturated heterocycles. The maximum absolute atomic E-state index is 12.9. The number of anilines is 1. The molecule has 0 unspecified atom stereocenters. The molecule has 11 nitrogen and oxygen atoms in total. The first-order chi connectivity index (χ1) is 18.7. The van der Waals surface area contributed by atoms with E-state index >= 15 is 0 Å². The predicted octanol–water partition coefficient (Wildman–Crippen LogP) is 6.26. The van der Waals surface area contributed by atoms with E-state index in [1.807, 2.05) is 57.2 Å². The van der Waals surface area contributed by atoms with Crippen molar-refractivity contribution in [2.45, 2.75) is 97.5 Å². The first kappa shape index (κ1) is 30.8. The molecule has 1 aromatic carbocycles. The number of carbonyl (C=O) groups excluding carboxylic acids is 3. The quantitative estimate of drug-likeness (QED) is 0.329. The maximum Gasteiger partial charge on any atom is 0.429 e. The fourth-order valence-electron chi connectivity index (χ4n) is 4.47. The summed E-state index contributed by atoms with van der Waals surface area (Å²) in [6.07, 6.45) is -0.118. The first-order valence-electron chi connectivity index (χ1n) is 13.7. The second-order valence-electron chi connectivity index (χ2n) is 12.0. The van der Waals surface area contributed by atoms with Crippen LogP contribution in [0.4, 0.5) is 20.2 Å². The highest BCUT2D eigenvalue weighted by molar-refractivity contribution is 5.83. The van der Waals surface area contributed by atoms with Crippen molar-refractivity contribution in [1.29, 1.82) is 0 Å². The van der Waals surface area contributed by atoms with Gasteiger partial charge in [-0.15, -0.1) is 0 Å². The molecule has 2 aromatic rings. The minimum Gasteiger partial charge on any atom is -0.445 e. The predicted molar refractivity (Wildman–Crippen MR) is 151 cm³/mol. The standard InChI is InChI=1S/C29H43N5O6/c1-9-33(32(8)26(36)40-29(5,6)7)27(37)39-22-16-15-21(17-22)23-18-24(34(31-23)28(2,3)4)30-25(35)38-19-20-13-11-10-12-14-20/h10-14,18,21-22H,9,15-17,19H2,1-8H3,(H,30,35)/t21-,22+/m0/s1. The van der Waals surface area contributed by atoms with Crippen LogP contribution in [-0.4, -0.2) is 63.4 Å². The molecule has 3 rings (SSSR count). The van der Waals surface area contributed by atoms with Crippen LogP contribution in [0, 0.1) is 0 Å². The Balaban J connectivity index is 1.63. The monoisotopic (exact) mass is 557 g/mol.